The number of fused-ring (bicyclic) bond motifs is 1. The number of hydrogen-bond donors (Lipinski definition) is 1. The van der Waals surface area contributed by atoms with Crippen molar-refractivity contribution in [3.05, 3.63) is 65.7 Å². The third-order valence-corrected chi connectivity index (χ3v) is 4.59. The predicted molar refractivity (Wildman–Crippen MR) is 110 cm³/mol. The number of para-hydroxylation sites is 1. The molecule has 0 bridgehead atoms. The molecule has 0 spiro atoms. The largest absolute Gasteiger partial charge is 0.480 e. The van der Waals surface area contributed by atoms with Crippen molar-refractivity contribution in [1.82, 2.24) is 5.01 Å². The van der Waals surface area contributed by atoms with E-state index in [0.29, 0.717) is 17.0 Å². The maximum absolute atomic E-state index is 13.2. The lowest BCUT2D eigenvalue weighted by molar-refractivity contribution is -0.137. The summed E-state index contributed by atoms with van der Waals surface area (Å²) in [6.07, 6.45) is 0. The number of urea groups is 1. The molecule has 0 fully saturated rings. The minimum atomic E-state index is -1.19. The number of carboxylic acid groups (broad SMARTS) is 1. The van der Waals surface area contributed by atoms with Gasteiger partial charge in [0.1, 0.15) is 12.3 Å². The molecule has 0 aromatic heterocycles. The van der Waals surface area contributed by atoms with Gasteiger partial charge in [-0.2, -0.15) is 5.10 Å². The number of carboxylic acids is 1. The minimum absolute atomic E-state index is 0.140. The summed E-state index contributed by atoms with van der Waals surface area (Å²) in [7, 11) is 0. The number of carbonyl (C=O) groups excluding carboxylic acids is 2. The number of carbonyl (C=O) groups is 3. The van der Waals surface area contributed by atoms with Crippen LogP contribution in [0.25, 0.3) is 0 Å². The lowest BCUT2D eigenvalue weighted by Crippen LogP contribution is -2.46. The fourth-order valence-corrected chi connectivity index (χ4v) is 2.94. The number of anilines is 1. The zero-order chi connectivity index (χ0) is 21.2. The van der Waals surface area contributed by atoms with E-state index in [1.807, 2.05) is 42.5 Å². The summed E-state index contributed by atoms with van der Waals surface area (Å²) in [6.45, 7) is 4.57. The Balaban J connectivity index is 2.17. The first-order chi connectivity index (χ1) is 13.7. The van der Waals surface area contributed by atoms with Gasteiger partial charge in [-0.3, -0.25) is 14.5 Å². The van der Waals surface area contributed by atoms with Crippen LogP contribution in [0.2, 0.25) is 0 Å². The minimum Gasteiger partial charge on any atom is -0.480 e. The van der Waals surface area contributed by atoms with Crippen molar-refractivity contribution in [2.75, 3.05) is 18.0 Å². The third-order valence-electron chi connectivity index (χ3n) is 4.59. The Morgan fingerprint density at radius 3 is 2.21 bits per heavy atom. The van der Waals surface area contributed by atoms with Gasteiger partial charge in [-0.25, -0.2) is 9.80 Å². The Kier molecular flexibility index (Phi) is 5.50. The van der Waals surface area contributed by atoms with E-state index in [1.54, 1.807) is 32.9 Å². The highest BCUT2D eigenvalue weighted by atomic mass is 16.4. The molecule has 0 saturated heterocycles. The lowest BCUT2D eigenvalue weighted by atomic mass is 9.90. The monoisotopic (exact) mass is 393 g/mol. The van der Waals surface area contributed by atoms with Gasteiger partial charge in [0, 0.05) is 16.5 Å². The van der Waals surface area contributed by atoms with Crippen LogP contribution in [0, 0.1) is 5.41 Å². The quantitative estimate of drug-likeness (QED) is 0.843. The fraction of sp³-hybridized carbons (Fsp3) is 0.273. The van der Waals surface area contributed by atoms with Crippen molar-refractivity contribution in [3.63, 3.8) is 0 Å². The summed E-state index contributed by atoms with van der Waals surface area (Å²) in [5.74, 6) is -1.33. The molecule has 1 aliphatic rings. The van der Waals surface area contributed by atoms with Crippen LogP contribution in [-0.2, 0) is 9.59 Å². The molecule has 2 amide bonds. The highest BCUT2D eigenvalue weighted by Crippen LogP contribution is 2.29. The first-order valence-corrected chi connectivity index (χ1v) is 9.26. The van der Waals surface area contributed by atoms with Crippen LogP contribution < -0.4 is 4.90 Å². The molecule has 1 N–H and O–H groups in total. The molecule has 0 saturated carbocycles. The van der Waals surface area contributed by atoms with Crippen LogP contribution >= 0.6 is 0 Å². The summed E-state index contributed by atoms with van der Waals surface area (Å²) < 4.78 is 0. The molecule has 29 heavy (non-hydrogen) atoms. The summed E-state index contributed by atoms with van der Waals surface area (Å²) >= 11 is 0. The van der Waals surface area contributed by atoms with Crippen molar-refractivity contribution in [2.24, 2.45) is 10.5 Å². The van der Waals surface area contributed by atoms with E-state index in [4.69, 9.17) is 0 Å². The molecule has 7 heteroatoms. The van der Waals surface area contributed by atoms with Crippen LogP contribution in [0.5, 0.6) is 0 Å². The van der Waals surface area contributed by atoms with Crippen LogP contribution in [0.3, 0.4) is 0 Å². The van der Waals surface area contributed by atoms with Crippen molar-refractivity contribution in [1.29, 1.82) is 0 Å². The standard InChI is InChI=1S/C22H23N3O4/c1-22(2,3)18(26)13-24-17-12-8-7-11-16(17)20(15-9-5-4-6-10-15)23-25(21(24)29)14-19(27)28/h4-12H,13-14H2,1-3H3,(H,27,28). The second-order valence-electron chi connectivity index (χ2n) is 7.83. The topological polar surface area (TPSA) is 90.3 Å². The smallest absolute Gasteiger partial charge is 0.345 e. The Morgan fingerprint density at radius 2 is 1.59 bits per heavy atom. The number of amides is 2. The Bertz CT molecular complexity index is 977. The van der Waals surface area contributed by atoms with Gasteiger partial charge in [0.15, 0.2) is 5.78 Å². The second kappa shape index (κ2) is 7.87. The van der Waals surface area contributed by atoms with Gasteiger partial charge >= 0.3 is 12.0 Å². The van der Waals surface area contributed by atoms with Crippen LogP contribution in [0.4, 0.5) is 10.5 Å². The average Bonchev–Trinajstić information content (AvgIpc) is 2.78. The number of nitrogens with zero attached hydrogens (tertiary/aromatic N) is 3. The molecule has 2 aromatic carbocycles. The first-order valence-electron chi connectivity index (χ1n) is 9.26. The lowest BCUT2D eigenvalue weighted by Gasteiger charge is -2.28. The van der Waals surface area contributed by atoms with Gasteiger partial charge in [0.2, 0.25) is 0 Å². The molecule has 1 aliphatic heterocycles. The molecular weight excluding hydrogens is 370 g/mol. The molecule has 0 atom stereocenters. The zero-order valence-corrected chi connectivity index (χ0v) is 16.6. The summed E-state index contributed by atoms with van der Waals surface area (Å²) in [6, 6.07) is 15.7. The Morgan fingerprint density at radius 1 is 0.966 bits per heavy atom. The maximum atomic E-state index is 13.2. The predicted octanol–water partition coefficient (Wildman–Crippen LogP) is 3.38. The molecule has 3 rings (SSSR count). The molecule has 2 aromatic rings. The van der Waals surface area contributed by atoms with Crippen LogP contribution in [0.15, 0.2) is 59.7 Å². The molecular formula is C22H23N3O4. The van der Waals surface area contributed by atoms with E-state index in [1.165, 1.54) is 4.90 Å². The van der Waals surface area contributed by atoms with Gasteiger partial charge in [-0.1, -0.05) is 69.3 Å². The van der Waals surface area contributed by atoms with Crippen LogP contribution in [0.1, 0.15) is 31.9 Å². The number of Topliss-reactive ketones (excluding diaryl/α,β-unsaturated/α-hetero) is 1. The second-order valence-corrected chi connectivity index (χ2v) is 7.83. The number of rotatable bonds is 5. The van der Waals surface area contributed by atoms with Gasteiger partial charge in [0.25, 0.3) is 0 Å². The average molecular weight is 393 g/mol. The highest BCUT2D eigenvalue weighted by Gasteiger charge is 2.34. The van der Waals surface area contributed by atoms with Crippen molar-refractivity contribution in [2.45, 2.75) is 20.8 Å². The highest BCUT2D eigenvalue weighted by molar-refractivity contribution is 6.19. The summed E-state index contributed by atoms with van der Waals surface area (Å²) in [4.78, 5) is 38.6. The summed E-state index contributed by atoms with van der Waals surface area (Å²) in [5, 5.41) is 14.6. The van der Waals surface area contributed by atoms with Gasteiger partial charge in [0.05, 0.1) is 12.2 Å². The first kappa shape index (κ1) is 20.3. The van der Waals surface area contributed by atoms with Gasteiger partial charge in [-0.05, 0) is 6.07 Å². The van der Waals surface area contributed by atoms with E-state index in [0.717, 1.165) is 10.6 Å². The molecule has 0 radical (unpaired) electrons. The van der Waals surface area contributed by atoms with E-state index >= 15 is 0 Å². The third kappa shape index (κ3) is 4.34. The molecule has 0 unspecified atom stereocenters. The zero-order valence-electron chi connectivity index (χ0n) is 16.6. The number of hydrazone groups is 1. The summed E-state index contributed by atoms with van der Waals surface area (Å²) in [5.41, 5.74) is 1.74. The van der Waals surface area contributed by atoms with E-state index in [2.05, 4.69) is 5.10 Å². The number of ketones is 1. The molecule has 1 heterocycles. The van der Waals surface area contributed by atoms with Gasteiger partial charge in [-0.15, -0.1) is 0 Å². The van der Waals surface area contributed by atoms with Crippen molar-refractivity contribution in [3.8, 4) is 0 Å². The molecule has 7 nitrogen and oxygen atoms in total. The van der Waals surface area contributed by atoms with Gasteiger partial charge < -0.3 is 5.11 Å². The SMILES string of the molecule is CC(C)(C)C(=O)CN1C(=O)N(CC(=O)O)N=C(c2ccccc2)c2ccccc21. The van der Waals surface area contributed by atoms with Crippen LogP contribution in [-0.4, -0.2) is 46.7 Å². The number of benzene rings is 2. The Hall–Kier alpha value is -3.48. The maximum Gasteiger partial charge on any atom is 0.345 e. The van der Waals surface area contributed by atoms with Crippen molar-refractivity contribution >= 4 is 29.2 Å². The molecule has 0 aliphatic carbocycles. The number of hydrogen-bond acceptors (Lipinski definition) is 4. The van der Waals surface area contributed by atoms with E-state index in [-0.39, 0.29) is 12.3 Å². The van der Waals surface area contributed by atoms with E-state index < -0.39 is 24.0 Å². The van der Waals surface area contributed by atoms with Crippen molar-refractivity contribution < 1.29 is 19.5 Å². The number of aliphatic carboxylic acids is 1. The van der Waals surface area contributed by atoms with E-state index in [9.17, 15) is 19.5 Å². The Labute approximate surface area is 169 Å². The normalized spacial score (nSPS) is 14.2. The molecule has 150 valence electrons. The fourth-order valence-electron chi connectivity index (χ4n) is 2.94.